The number of carbonyl (C=O) groups is 1. The van der Waals surface area contributed by atoms with Crippen molar-refractivity contribution < 1.29 is 4.79 Å². The van der Waals surface area contributed by atoms with Gasteiger partial charge in [0.15, 0.2) is 5.82 Å². The monoisotopic (exact) mass is 436 g/mol. The third-order valence-electron chi connectivity index (χ3n) is 5.63. The van der Waals surface area contributed by atoms with E-state index in [9.17, 15) is 4.79 Å². The van der Waals surface area contributed by atoms with Crippen molar-refractivity contribution in [3.05, 3.63) is 35.3 Å². The highest BCUT2D eigenvalue weighted by Gasteiger charge is 2.14. The number of aryl methyl sites for hydroxylation is 1. The van der Waals surface area contributed by atoms with Crippen LogP contribution in [0.25, 0.3) is 22.1 Å². The Bertz CT molecular complexity index is 1100. The quantitative estimate of drug-likeness (QED) is 0.372. The van der Waals surface area contributed by atoms with E-state index in [2.05, 4.69) is 54.0 Å². The summed E-state index contributed by atoms with van der Waals surface area (Å²) < 4.78 is 0. The number of nitrogens with one attached hydrogen (secondary N) is 2. The number of unbranched alkanes of at least 4 members (excludes halogenated alkanes) is 1. The van der Waals surface area contributed by atoms with Crippen LogP contribution >= 0.6 is 0 Å². The zero-order chi connectivity index (χ0) is 23.1. The number of H-pyrrole nitrogens is 1. The molecule has 0 saturated heterocycles. The molecule has 4 N–H and O–H groups in total. The number of imidazole rings is 1. The Morgan fingerprint density at radius 1 is 1.19 bits per heavy atom. The summed E-state index contributed by atoms with van der Waals surface area (Å²) in [5.74, 6) is 1.71. The van der Waals surface area contributed by atoms with Gasteiger partial charge in [0.2, 0.25) is 5.91 Å². The van der Waals surface area contributed by atoms with Crippen LogP contribution in [-0.2, 0) is 17.6 Å². The Hall–Kier alpha value is -2.96. The molecule has 0 saturated carbocycles. The van der Waals surface area contributed by atoms with Crippen LogP contribution in [0.15, 0.2) is 23.8 Å². The fourth-order valence-corrected chi connectivity index (χ4v) is 3.80. The highest BCUT2D eigenvalue weighted by atomic mass is 16.1. The van der Waals surface area contributed by atoms with Crippen LogP contribution in [0.5, 0.6) is 0 Å². The van der Waals surface area contributed by atoms with Crippen molar-refractivity contribution in [2.45, 2.75) is 72.6 Å². The summed E-state index contributed by atoms with van der Waals surface area (Å²) in [6.07, 6.45) is 8.53. The summed E-state index contributed by atoms with van der Waals surface area (Å²) in [6.45, 7) is 9.08. The van der Waals surface area contributed by atoms with Crippen LogP contribution < -0.4 is 11.1 Å². The number of carbonyl (C=O) groups excluding carboxylic acids is 1. The van der Waals surface area contributed by atoms with Gasteiger partial charge in [-0.1, -0.05) is 31.9 Å². The smallest absolute Gasteiger partial charge is 0.220 e. The van der Waals surface area contributed by atoms with Crippen LogP contribution in [0.1, 0.15) is 71.3 Å². The first kappa shape index (κ1) is 23.7. The van der Waals surface area contributed by atoms with E-state index in [1.54, 1.807) is 0 Å². The summed E-state index contributed by atoms with van der Waals surface area (Å²) in [5, 5.41) is 3.04. The minimum absolute atomic E-state index is 0.106. The van der Waals surface area contributed by atoms with Crippen LogP contribution in [0.4, 0.5) is 5.82 Å². The first-order chi connectivity index (χ1) is 15.4. The average molecular weight is 437 g/mol. The normalized spacial score (nSPS) is 12.2. The highest BCUT2D eigenvalue weighted by Crippen LogP contribution is 2.25. The zero-order valence-electron chi connectivity index (χ0n) is 19.8. The molecule has 3 aromatic heterocycles. The van der Waals surface area contributed by atoms with Gasteiger partial charge >= 0.3 is 0 Å². The molecule has 1 amide bonds. The van der Waals surface area contributed by atoms with Crippen molar-refractivity contribution >= 4 is 33.8 Å². The number of nitrogens with zero attached hydrogens (tertiary/aromatic N) is 3. The van der Waals surface area contributed by atoms with Gasteiger partial charge in [0.1, 0.15) is 16.9 Å². The van der Waals surface area contributed by atoms with Crippen molar-refractivity contribution in [1.29, 1.82) is 0 Å². The molecular formula is C25H36N6O. The molecule has 0 fully saturated rings. The van der Waals surface area contributed by atoms with E-state index >= 15 is 0 Å². The maximum Gasteiger partial charge on any atom is 0.220 e. The molecule has 7 nitrogen and oxygen atoms in total. The van der Waals surface area contributed by atoms with Crippen molar-refractivity contribution in [3.8, 4) is 0 Å². The molecule has 0 bridgehead atoms. The standard InChI is InChI=1S/C25H36N6O/c1-5-6-10-20-30-23-22-19(29-25(26)24(23)31-20)12-11-18(28-22)13-14-27-21(32)15-17(4)9-7-8-16(2)3/h8,11-12,17,28H,5-7,9-10,13-15H2,1-4H3,(H2,26,29)(H,27,32). The van der Waals surface area contributed by atoms with Crippen molar-refractivity contribution in [2.75, 3.05) is 12.3 Å². The largest absolute Gasteiger partial charge is 0.382 e. The average Bonchev–Trinajstić information content (AvgIpc) is 3.17. The second-order valence-corrected chi connectivity index (χ2v) is 8.95. The number of amides is 1. The lowest BCUT2D eigenvalue weighted by Crippen LogP contribution is -2.27. The number of allylic oxidation sites excluding steroid dienone is 2. The fourth-order valence-electron chi connectivity index (χ4n) is 3.80. The van der Waals surface area contributed by atoms with Crippen LogP contribution in [0.3, 0.4) is 0 Å². The van der Waals surface area contributed by atoms with E-state index < -0.39 is 0 Å². The van der Waals surface area contributed by atoms with Gasteiger partial charge in [-0.05, 0) is 51.2 Å². The molecule has 0 aliphatic heterocycles. The molecule has 0 aliphatic carbocycles. The van der Waals surface area contributed by atoms with Crippen molar-refractivity contribution in [3.63, 3.8) is 0 Å². The van der Waals surface area contributed by atoms with E-state index in [1.165, 1.54) is 5.57 Å². The number of hydrogen-bond donors (Lipinski definition) is 3. The minimum atomic E-state index is 0.106. The first-order valence-electron chi connectivity index (χ1n) is 11.7. The number of aromatic amines is 1. The summed E-state index contributed by atoms with van der Waals surface area (Å²) in [5.41, 5.74) is 11.5. The second kappa shape index (κ2) is 11.1. The molecule has 3 rings (SSSR count). The first-order valence-corrected chi connectivity index (χ1v) is 11.7. The van der Waals surface area contributed by atoms with Gasteiger partial charge < -0.3 is 16.0 Å². The van der Waals surface area contributed by atoms with E-state index in [-0.39, 0.29) is 5.91 Å². The van der Waals surface area contributed by atoms with E-state index in [0.717, 1.165) is 60.2 Å². The predicted octanol–water partition coefficient (Wildman–Crippen LogP) is 4.86. The topological polar surface area (TPSA) is 110 Å². The van der Waals surface area contributed by atoms with Gasteiger partial charge in [-0.2, -0.15) is 0 Å². The molecular weight excluding hydrogens is 400 g/mol. The van der Waals surface area contributed by atoms with Gasteiger partial charge in [0, 0.05) is 31.5 Å². The lowest BCUT2D eigenvalue weighted by molar-refractivity contribution is -0.121. The maximum atomic E-state index is 12.3. The van der Waals surface area contributed by atoms with Crippen LogP contribution in [-0.4, -0.2) is 32.4 Å². The third-order valence-corrected chi connectivity index (χ3v) is 5.63. The van der Waals surface area contributed by atoms with E-state index in [4.69, 9.17) is 10.7 Å². The Morgan fingerprint density at radius 2 is 1.97 bits per heavy atom. The summed E-state index contributed by atoms with van der Waals surface area (Å²) >= 11 is 0. The second-order valence-electron chi connectivity index (χ2n) is 8.95. The fraction of sp³-hybridized carbons (Fsp3) is 0.520. The number of aromatic nitrogens is 4. The third kappa shape index (κ3) is 6.28. The van der Waals surface area contributed by atoms with Gasteiger partial charge in [-0.25, -0.2) is 15.0 Å². The van der Waals surface area contributed by atoms with Gasteiger partial charge in [-0.15, -0.1) is 0 Å². The molecule has 0 aromatic carbocycles. The molecule has 0 radical (unpaired) electrons. The molecule has 0 aliphatic rings. The molecule has 7 heteroatoms. The van der Waals surface area contributed by atoms with Crippen LogP contribution in [0.2, 0.25) is 0 Å². The van der Waals surface area contributed by atoms with Gasteiger partial charge in [-0.3, -0.25) is 4.79 Å². The molecule has 32 heavy (non-hydrogen) atoms. The summed E-state index contributed by atoms with van der Waals surface area (Å²) in [4.78, 5) is 29.5. The number of fused-ring (bicyclic) bond motifs is 3. The minimum Gasteiger partial charge on any atom is -0.382 e. The highest BCUT2D eigenvalue weighted by molar-refractivity contribution is 6.03. The Kier molecular flexibility index (Phi) is 8.20. The number of anilines is 1. The van der Waals surface area contributed by atoms with Crippen molar-refractivity contribution in [1.82, 2.24) is 25.3 Å². The molecule has 1 unspecified atom stereocenters. The van der Waals surface area contributed by atoms with Crippen LogP contribution in [0, 0.1) is 5.92 Å². The number of nitrogens with two attached hydrogens (primary N) is 1. The lowest BCUT2D eigenvalue weighted by atomic mass is 10.0. The molecule has 3 heterocycles. The molecule has 0 spiro atoms. The lowest BCUT2D eigenvalue weighted by Gasteiger charge is -2.11. The molecule has 1 atom stereocenters. The zero-order valence-corrected chi connectivity index (χ0v) is 19.8. The number of hydrogen-bond acceptors (Lipinski definition) is 5. The Balaban J connectivity index is 1.62. The maximum absolute atomic E-state index is 12.3. The van der Waals surface area contributed by atoms with Gasteiger partial charge in [0.25, 0.3) is 0 Å². The van der Waals surface area contributed by atoms with E-state index in [0.29, 0.717) is 36.6 Å². The molecule has 172 valence electrons. The Labute approximate surface area is 190 Å². The SMILES string of the molecule is CCCCc1nc2c(N)nc3ccc(CCNC(=O)CC(C)CCC=C(C)C)[nH]c3c2n1. The number of nitrogen functional groups attached to an aromatic ring is 1. The van der Waals surface area contributed by atoms with E-state index in [1.807, 2.05) is 12.1 Å². The predicted molar refractivity (Wildman–Crippen MR) is 131 cm³/mol. The molecule has 3 aromatic rings. The number of pyridine rings is 2. The summed E-state index contributed by atoms with van der Waals surface area (Å²) in [6, 6.07) is 3.94. The Morgan fingerprint density at radius 3 is 2.72 bits per heavy atom. The summed E-state index contributed by atoms with van der Waals surface area (Å²) in [7, 11) is 0. The van der Waals surface area contributed by atoms with Crippen molar-refractivity contribution in [2.24, 2.45) is 5.92 Å². The van der Waals surface area contributed by atoms with Gasteiger partial charge in [0.05, 0.1) is 11.0 Å². The number of rotatable bonds is 11.